The van der Waals surface area contributed by atoms with E-state index in [1.54, 1.807) is 12.3 Å². The molecule has 0 unspecified atom stereocenters. The lowest BCUT2D eigenvalue weighted by molar-refractivity contribution is -0.110. The third-order valence-electron chi connectivity index (χ3n) is 2.27. The second-order valence-corrected chi connectivity index (χ2v) is 4.55. The SMILES string of the molecule is O=C1Nc2ncnc(Cl)c2/C1=C/c1nccs1. The molecular formula is C10H5ClN4OS. The first-order valence-electron chi connectivity index (χ1n) is 4.69. The number of amides is 1. The Hall–Kier alpha value is -1.79. The first-order valence-corrected chi connectivity index (χ1v) is 5.95. The number of halogens is 1. The van der Waals surface area contributed by atoms with Gasteiger partial charge >= 0.3 is 0 Å². The highest BCUT2D eigenvalue weighted by Gasteiger charge is 2.28. The summed E-state index contributed by atoms with van der Waals surface area (Å²) in [4.78, 5) is 23.7. The summed E-state index contributed by atoms with van der Waals surface area (Å²) in [6, 6.07) is 0. The number of rotatable bonds is 1. The number of fused-ring (bicyclic) bond motifs is 1. The van der Waals surface area contributed by atoms with Gasteiger partial charge in [-0.05, 0) is 6.08 Å². The van der Waals surface area contributed by atoms with E-state index in [2.05, 4.69) is 20.3 Å². The summed E-state index contributed by atoms with van der Waals surface area (Å²) >= 11 is 7.41. The Bertz CT molecular complexity index is 623. The minimum atomic E-state index is -0.238. The average Bonchev–Trinajstić information content (AvgIpc) is 2.89. The van der Waals surface area contributed by atoms with Crippen LogP contribution in [0.2, 0.25) is 5.15 Å². The molecule has 1 N–H and O–H groups in total. The maximum absolute atomic E-state index is 11.8. The number of nitrogens with one attached hydrogen (secondary N) is 1. The molecule has 2 aromatic heterocycles. The molecule has 3 rings (SSSR count). The highest BCUT2D eigenvalue weighted by Crippen LogP contribution is 2.35. The maximum Gasteiger partial charge on any atom is 0.257 e. The third-order valence-corrected chi connectivity index (χ3v) is 3.28. The molecule has 84 valence electrons. The summed E-state index contributed by atoms with van der Waals surface area (Å²) in [6.07, 6.45) is 4.67. The van der Waals surface area contributed by atoms with Crippen LogP contribution in [0.3, 0.4) is 0 Å². The van der Waals surface area contributed by atoms with Crippen molar-refractivity contribution in [3.05, 3.63) is 33.6 Å². The van der Waals surface area contributed by atoms with Gasteiger partial charge in [-0.15, -0.1) is 11.3 Å². The Morgan fingerprint density at radius 2 is 2.24 bits per heavy atom. The van der Waals surface area contributed by atoms with Gasteiger partial charge in [-0.1, -0.05) is 11.6 Å². The van der Waals surface area contributed by atoms with Crippen LogP contribution in [0.1, 0.15) is 10.6 Å². The molecule has 0 aromatic carbocycles. The van der Waals surface area contributed by atoms with Crippen LogP contribution in [0.15, 0.2) is 17.9 Å². The summed E-state index contributed by atoms with van der Waals surface area (Å²) in [6.45, 7) is 0. The summed E-state index contributed by atoms with van der Waals surface area (Å²) in [7, 11) is 0. The minimum absolute atomic E-state index is 0.238. The molecule has 5 nitrogen and oxygen atoms in total. The smallest absolute Gasteiger partial charge is 0.257 e. The Labute approximate surface area is 105 Å². The largest absolute Gasteiger partial charge is 0.306 e. The second-order valence-electron chi connectivity index (χ2n) is 3.27. The molecule has 0 bridgehead atoms. The monoisotopic (exact) mass is 264 g/mol. The quantitative estimate of drug-likeness (QED) is 0.632. The van der Waals surface area contributed by atoms with E-state index in [-0.39, 0.29) is 11.1 Å². The molecule has 0 aliphatic carbocycles. The first-order chi connectivity index (χ1) is 8.25. The van der Waals surface area contributed by atoms with Gasteiger partial charge in [0.15, 0.2) is 0 Å². The lowest BCUT2D eigenvalue weighted by Gasteiger charge is -1.97. The Kier molecular flexibility index (Phi) is 2.38. The molecule has 0 fully saturated rings. The lowest BCUT2D eigenvalue weighted by Crippen LogP contribution is -2.04. The standard InChI is InChI=1S/C10H5ClN4OS/c11-8-7-5(3-6-12-1-2-17-6)10(16)15-9(7)14-4-13-8/h1-4H,(H,13,14,15,16)/b5-3-. The Balaban J connectivity index is 2.17. The van der Waals surface area contributed by atoms with Crippen molar-refractivity contribution in [2.75, 3.05) is 5.32 Å². The van der Waals surface area contributed by atoms with Gasteiger partial charge in [0.05, 0.1) is 11.1 Å². The molecule has 0 radical (unpaired) electrons. The van der Waals surface area contributed by atoms with E-state index < -0.39 is 0 Å². The van der Waals surface area contributed by atoms with Gasteiger partial charge in [-0.25, -0.2) is 15.0 Å². The minimum Gasteiger partial charge on any atom is -0.306 e. The van der Waals surface area contributed by atoms with Crippen LogP contribution in [-0.4, -0.2) is 20.9 Å². The Morgan fingerprint density at radius 3 is 3.00 bits per heavy atom. The number of aromatic nitrogens is 3. The van der Waals surface area contributed by atoms with Crippen molar-refractivity contribution in [3.8, 4) is 0 Å². The molecular weight excluding hydrogens is 260 g/mol. The summed E-state index contributed by atoms with van der Waals surface area (Å²) in [5.41, 5.74) is 0.981. The molecule has 0 spiro atoms. The zero-order valence-corrected chi connectivity index (χ0v) is 9.92. The van der Waals surface area contributed by atoms with E-state index >= 15 is 0 Å². The number of carbonyl (C=O) groups is 1. The number of hydrogen-bond acceptors (Lipinski definition) is 5. The van der Waals surface area contributed by atoms with E-state index in [1.165, 1.54) is 17.7 Å². The van der Waals surface area contributed by atoms with E-state index in [0.717, 1.165) is 5.01 Å². The highest BCUT2D eigenvalue weighted by atomic mass is 35.5. The normalized spacial score (nSPS) is 16.1. The van der Waals surface area contributed by atoms with Crippen LogP contribution in [0.4, 0.5) is 5.82 Å². The van der Waals surface area contributed by atoms with Crippen molar-refractivity contribution in [1.29, 1.82) is 0 Å². The third kappa shape index (κ3) is 1.71. The van der Waals surface area contributed by atoms with Crippen LogP contribution >= 0.6 is 22.9 Å². The fourth-order valence-corrected chi connectivity index (χ4v) is 2.36. The van der Waals surface area contributed by atoms with Gasteiger partial charge in [-0.3, -0.25) is 4.79 Å². The molecule has 17 heavy (non-hydrogen) atoms. The topological polar surface area (TPSA) is 67.8 Å². The predicted octanol–water partition coefficient (Wildman–Crippen LogP) is 2.08. The number of nitrogens with zero attached hydrogens (tertiary/aromatic N) is 3. The van der Waals surface area contributed by atoms with Crippen LogP contribution in [0.25, 0.3) is 11.6 Å². The number of hydrogen-bond donors (Lipinski definition) is 1. The van der Waals surface area contributed by atoms with Crippen LogP contribution in [0, 0.1) is 0 Å². The number of carbonyl (C=O) groups excluding carboxylic acids is 1. The molecule has 0 atom stereocenters. The summed E-state index contributed by atoms with van der Waals surface area (Å²) < 4.78 is 0. The maximum atomic E-state index is 11.8. The van der Waals surface area contributed by atoms with Crippen LogP contribution in [0.5, 0.6) is 0 Å². The van der Waals surface area contributed by atoms with E-state index in [0.29, 0.717) is 17.0 Å². The highest BCUT2D eigenvalue weighted by molar-refractivity contribution is 7.10. The molecule has 7 heteroatoms. The van der Waals surface area contributed by atoms with Crippen molar-refractivity contribution in [1.82, 2.24) is 15.0 Å². The fourth-order valence-electron chi connectivity index (χ4n) is 1.55. The summed E-state index contributed by atoms with van der Waals surface area (Å²) in [5, 5.41) is 5.47. The van der Waals surface area contributed by atoms with E-state index in [9.17, 15) is 4.79 Å². The molecule has 2 aromatic rings. The van der Waals surface area contributed by atoms with Crippen molar-refractivity contribution < 1.29 is 4.79 Å². The molecule has 1 aliphatic heterocycles. The second kappa shape index (κ2) is 3.90. The van der Waals surface area contributed by atoms with Crippen molar-refractivity contribution in [2.24, 2.45) is 0 Å². The molecule has 1 aliphatic rings. The van der Waals surface area contributed by atoms with E-state index in [1.807, 2.05) is 5.38 Å². The zero-order chi connectivity index (χ0) is 11.8. The number of anilines is 1. The molecule has 3 heterocycles. The first kappa shape index (κ1) is 10.4. The molecule has 0 saturated heterocycles. The van der Waals surface area contributed by atoms with Gasteiger partial charge < -0.3 is 5.32 Å². The van der Waals surface area contributed by atoms with Crippen LogP contribution in [-0.2, 0) is 4.79 Å². The van der Waals surface area contributed by atoms with Crippen LogP contribution < -0.4 is 5.32 Å². The Morgan fingerprint density at radius 1 is 1.35 bits per heavy atom. The van der Waals surface area contributed by atoms with Gasteiger partial charge in [0.25, 0.3) is 5.91 Å². The van der Waals surface area contributed by atoms with Gasteiger partial charge in [0.1, 0.15) is 22.3 Å². The molecule has 1 amide bonds. The molecule has 0 saturated carbocycles. The van der Waals surface area contributed by atoms with Crippen molar-refractivity contribution in [3.63, 3.8) is 0 Å². The van der Waals surface area contributed by atoms with Gasteiger partial charge in [-0.2, -0.15) is 0 Å². The van der Waals surface area contributed by atoms with Crippen molar-refractivity contribution in [2.45, 2.75) is 0 Å². The van der Waals surface area contributed by atoms with Gasteiger partial charge in [0, 0.05) is 11.6 Å². The zero-order valence-electron chi connectivity index (χ0n) is 8.35. The average molecular weight is 265 g/mol. The van der Waals surface area contributed by atoms with Gasteiger partial charge in [0.2, 0.25) is 0 Å². The predicted molar refractivity (Wildman–Crippen MR) is 65.7 cm³/mol. The van der Waals surface area contributed by atoms with Crippen molar-refractivity contribution >= 4 is 46.3 Å². The fraction of sp³-hybridized carbons (Fsp3) is 0. The van der Waals surface area contributed by atoms with E-state index in [4.69, 9.17) is 11.6 Å². The lowest BCUT2D eigenvalue weighted by atomic mass is 10.1. The summed E-state index contributed by atoms with van der Waals surface area (Å²) in [5.74, 6) is 0.204. The number of thiazole rings is 1.